The van der Waals surface area contributed by atoms with Crippen LogP contribution in [0.4, 0.5) is 4.79 Å². The van der Waals surface area contributed by atoms with E-state index in [1.54, 1.807) is 4.90 Å². The van der Waals surface area contributed by atoms with Crippen LogP contribution >= 0.6 is 0 Å². The summed E-state index contributed by atoms with van der Waals surface area (Å²) < 4.78 is 0. The minimum atomic E-state index is -0.866. The summed E-state index contributed by atoms with van der Waals surface area (Å²) in [6, 6.07) is -0.0208. The van der Waals surface area contributed by atoms with Crippen LogP contribution in [0.25, 0.3) is 0 Å². The van der Waals surface area contributed by atoms with E-state index < -0.39 is 5.97 Å². The number of rotatable bonds is 5. The smallest absolute Gasteiger partial charge is 0.320 e. The van der Waals surface area contributed by atoms with E-state index in [-0.39, 0.29) is 30.0 Å². The third-order valence-corrected chi connectivity index (χ3v) is 4.80. The number of carbonyl (C=O) groups is 2. The number of amides is 2. The fraction of sp³-hybridized carbons (Fsp3) is 0.875. The van der Waals surface area contributed by atoms with Gasteiger partial charge in [-0.2, -0.15) is 0 Å². The molecule has 2 amide bonds. The average molecular weight is 298 g/mol. The van der Waals surface area contributed by atoms with E-state index in [2.05, 4.69) is 13.8 Å². The highest BCUT2D eigenvalue weighted by Gasteiger charge is 2.40. The maximum absolute atomic E-state index is 12.8. The van der Waals surface area contributed by atoms with Gasteiger partial charge in [-0.15, -0.1) is 0 Å². The van der Waals surface area contributed by atoms with E-state index in [0.717, 1.165) is 32.4 Å². The second-order valence-electron chi connectivity index (χ2n) is 7.13. The van der Waals surface area contributed by atoms with E-state index >= 15 is 0 Å². The fourth-order valence-electron chi connectivity index (χ4n) is 3.02. The molecule has 0 unspecified atom stereocenters. The lowest BCUT2D eigenvalue weighted by Crippen LogP contribution is -2.52. The zero-order chi connectivity index (χ0) is 16.3. The standard InChI is InChI=1S/C16H30N2O3/c1-6-16(7-2)9-11-17(12-16)14(21)18(15(3,4)5)10-8-13(19)20/h6-12H2,1-5H3,(H,19,20). The van der Waals surface area contributed by atoms with Crippen LogP contribution in [-0.2, 0) is 4.79 Å². The first-order chi connectivity index (χ1) is 9.65. The SMILES string of the molecule is CCC1(CC)CCN(C(=O)N(CCC(=O)O)C(C)(C)C)C1. The molecular formula is C16H30N2O3. The molecule has 0 aromatic rings. The first-order valence-corrected chi connectivity index (χ1v) is 7.93. The van der Waals surface area contributed by atoms with Crippen molar-refractivity contribution < 1.29 is 14.7 Å². The topological polar surface area (TPSA) is 60.9 Å². The summed E-state index contributed by atoms with van der Waals surface area (Å²) in [6.07, 6.45) is 3.20. The molecule has 21 heavy (non-hydrogen) atoms. The van der Waals surface area contributed by atoms with Crippen molar-refractivity contribution >= 4 is 12.0 Å². The number of nitrogens with zero attached hydrogens (tertiary/aromatic N) is 2. The summed E-state index contributed by atoms with van der Waals surface area (Å²) in [7, 11) is 0. The van der Waals surface area contributed by atoms with Crippen LogP contribution in [0.5, 0.6) is 0 Å². The molecule has 0 aromatic heterocycles. The Morgan fingerprint density at radius 3 is 2.19 bits per heavy atom. The van der Waals surface area contributed by atoms with Crippen molar-refractivity contribution in [2.45, 2.75) is 65.8 Å². The number of likely N-dealkylation sites (tertiary alicyclic amines) is 1. The van der Waals surface area contributed by atoms with Gasteiger partial charge in [0.15, 0.2) is 0 Å². The quantitative estimate of drug-likeness (QED) is 0.848. The number of aliphatic carboxylic acids is 1. The molecule has 0 aromatic carbocycles. The number of carbonyl (C=O) groups excluding carboxylic acids is 1. The van der Waals surface area contributed by atoms with E-state index in [9.17, 15) is 9.59 Å². The van der Waals surface area contributed by atoms with Crippen LogP contribution in [0, 0.1) is 5.41 Å². The van der Waals surface area contributed by atoms with E-state index in [0.29, 0.717) is 0 Å². The molecule has 0 radical (unpaired) electrons. The molecule has 1 heterocycles. The molecule has 0 saturated carbocycles. The van der Waals surface area contributed by atoms with Crippen molar-refractivity contribution in [1.29, 1.82) is 0 Å². The molecule has 1 rings (SSSR count). The number of carboxylic acid groups (broad SMARTS) is 1. The number of hydrogen-bond acceptors (Lipinski definition) is 2. The van der Waals surface area contributed by atoms with Crippen LogP contribution < -0.4 is 0 Å². The van der Waals surface area contributed by atoms with Crippen molar-refractivity contribution in [3.63, 3.8) is 0 Å². The Kier molecular flexibility index (Phi) is 5.65. The monoisotopic (exact) mass is 298 g/mol. The van der Waals surface area contributed by atoms with Crippen LogP contribution in [-0.4, -0.2) is 52.1 Å². The van der Waals surface area contributed by atoms with Gasteiger partial charge in [0.1, 0.15) is 0 Å². The normalized spacial score (nSPS) is 17.9. The molecule has 0 aliphatic carbocycles. The molecule has 0 spiro atoms. The number of carboxylic acids is 1. The van der Waals surface area contributed by atoms with Crippen LogP contribution in [0.15, 0.2) is 0 Å². The van der Waals surface area contributed by atoms with Crippen molar-refractivity contribution in [1.82, 2.24) is 9.80 Å². The van der Waals surface area contributed by atoms with Gasteiger partial charge in [-0.25, -0.2) is 4.79 Å². The zero-order valence-corrected chi connectivity index (χ0v) is 14.1. The van der Waals surface area contributed by atoms with E-state index in [1.807, 2.05) is 25.7 Å². The minimum Gasteiger partial charge on any atom is -0.481 e. The maximum Gasteiger partial charge on any atom is 0.320 e. The summed E-state index contributed by atoms with van der Waals surface area (Å²) in [5.74, 6) is -0.866. The zero-order valence-electron chi connectivity index (χ0n) is 14.1. The van der Waals surface area contributed by atoms with Gasteiger partial charge in [-0.3, -0.25) is 4.79 Å². The Hall–Kier alpha value is -1.26. The Balaban J connectivity index is 2.80. The summed E-state index contributed by atoms with van der Waals surface area (Å²) in [6.45, 7) is 12.1. The Morgan fingerprint density at radius 1 is 1.24 bits per heavy atom. The molecule has 122 valence electrons. The number of hydrogen-bond donors (Lipinski definition) is 1. The second kappa shape index (κ2) is 6.67. The molecule has 1 aliphatic heterocycles. The summed E-state index contributed by atoms with van der Waals surface area (Å²) in [4.78, 5) is 27.2. The van der Waals surface area contributed by atoms with Gasteiger partial charge >= 0.3 is 12.0 Å². The molecule has 1 saturated heterocycles. The van der Waals surface area contributed by atoms with Gasteiger partial charge in [-0.1, -0.05) is 13.8 Å². The average Bonchev–Trinajstić information content (AvgIpc) is 2.82. The van der Waals surface area contributed by atoms with Crippen LogP contribution in [0.2, 0.25) is 0 Å². The molecule has 5 nitrogen and oxygen atoms in total. The predicted octanol–water partition coefficient (Wildman–Crippen LogP) is 3.19. The highest BCUT2D eigenvalue weighted by atomic mass is 16.4. The van der Waals surface area contributed by atoms with Gasteiger partial charge < -0.3 is 14.9 Å². The van der Waals surface area contributed by atoms with Crippen molar-refractivity contribution in [2.24, 2.45) is 5.41 Å². The third-order valence-electron chi connectivity index (χ3n) is 4.80. The third kappa shape index (κ3) is 4.35. The van der Waals surface area contributed by atoms with Crippen molar-refractivity contribution in [2.75, 3.05) is 19.6 Å². The van der Waals surface area contributed by atoms with Gasteiger partial charge in [0.25, 0.3) is 0 Å². The first kappa shape index (κ1) is 17.8. The molecule has 1 aliphatic rings. The summed E-state index contributed by atoms with van der Waals surface area (Å²) >= 11 is 0. The van der Waals surface area contributed by atoms with Gasteiger partial charge in [-0.05, 0) is 45.4 Å². The van der Waals surface area contributed by atoms with Crippen LogP contribution in [0.1, 0.15) is 60.3 Å². The van der Waals surface area contributed by atoms with Crippen molar-refractivity contribution in [3.05, 3.63) is 0 Å². The lowest BCUT2D eigenvalue weighted by molar-refractivity contribution is -0.137. The second-order valence-corrected chi connectivity index (χ2v) is 7.13. The molecule has 5 heteroatoms. The maximum atomic E-state index is 12.8. The summed E-state index contributed by atoms with van der Waals surface area (Å²) in [5.41, 5.74) is -0.123. The Labute approximate surface area is 128 Å². The lowest BCUT2D eigenvalue weighted by atomic mass is 9.82. The van der Waals surface area contributed by atoms with E-state index in [4.69, 9.17) is 5.11 Å². The highest BCUT2D eigenvalue weighted by molar-refractivity contribution is 5.76. The largest absolute Gasteiger partial charge is 0.481 e. The predicted molar refractivity (Wildman–Crippen MR) is 83.3 cm³/mol. The Bertz CT molecular complexity index is 383. The van der Waals surface area contributed by atoms with Crippen LogP contribution in [0.3, 0.4) is 0 Å². The lowest BCUT2D eigenvalue weighted by Gasteiger charge is -2.38. The van der Waals surface area contributed by atoms with E-state index in [1.165, 1.54) is 0 Å². The van der Waals surface area contributed by atoms with Gasteiger partial charge in [0.05, 0.1) is 6.42 Å². The van der Waals surface area contributed by atoms with Gasteiger partial charge in [0.2, 0.25) is 0 Å². The summed E-state index contributed by atoms with van der Waals surface area (Å²) in [5, 5.41) is 8.88. The molecule has 1 N–H and O–H groups in total. The fourth-order valence-corrected chi connectivity index (χ4v) is 3.02. The Morgan fingerprint density at radius 2 is 1.81 bits per heavy atom. The number of urea groups is 1. The molecule has 0 bridgehead atoms. The first-order valence-electron chi connectivity index (χ1n) is 7.93. The van der Waals surface area contributed by atoms with Gasteiger partial charge in [0, 0.05) is 25.2 Å². The van der Waals surface area contributed by atoms with Crippen molar-refractivity contribution in [3.8, 4) is 0 Å². The molecule has 0 atom stereocenters. The molecular weight excluding hydrogens is 268 g/mol. The highest BCUT2D eigenvalue weighted by Crippen LogP contribution is 2.37. The molecule has 1 fully saturated rings. The minimum absolute atomic E-state index is 0.0104.